The molecule has 1 saturated heterocycles. The number of hydrogen-bond acceptors (Lipinski definition) is 14. The van der Waals surface area contributed by atoms with Crippen molar-refractivity contribution in [2.24, 2.45) is 29.0 Å². The van der Waals surface area contributed by atoms with Gasteiger partial charge in [0, 0.05) is 43.7 Å². The van der Waals surface area contributed by atoms with Crippen LogP contribution >= 0.6 is 21.6 Å². The topological polar surface area (TPSA) is 363 Å². The standard InChI is InChI=1S/C50H71N11O12S2/c1-6-28(5)43-49(71)56-33(16-17-39(51)62)45(67)57-36(23-40(52)63)46(68)59-37(26-75-74-19-18-42(65)55-35(47(69)60-43)21-29-12-14-32(15-13-29)73-7-2)50(72)61-25-31-11-9-8-10-30(31)22-38(61)48(70)58-34(20-27(3)4)44(66)54-24-41(53)64/h8-15,27-28,33-38,43H,6-7,16-26H2,1-5H3,(H2,51,62)(H2,52,63)(H2,53,64)(H,54,66)(H,55,65)(H,56,71)(H,57,67)(H,58,70)(H,59,68)(H,60,69)/t28-,33-,34-,35+,36-,37-,38+,43-/m0/s1. The van der Waals surface area contributed by atoms with Crippen molar-refractivity contribution in [1.82, 2.24) is 42.1 Å². The molecular weight excluding hydrogens is 1010 g/mol. The minimum Gasteiger partial charge on any atom is -0.494 e. The maximum Gasteiger partial charge on any atom is 0.247 e. The van der Waals surface area contributed by atoms with Crippen molar-refractivity contribution in [2.75, 3.05) is 24.7 Å². The highest BCUT2D eigenvalue weighted by Gasteiger charge is 2.41. The molecule has 1 fully saturated rings. The van der Waals surface area contributed by atoms with E-state index in [1.165, 1.54) is 4.90 Å². The van der Waals surface area contributed by atoms with Crippen LogP contribution in [0.3, 0.4) is 0 Å². The maximum absolute atomic E-state index is 15.1. The second kappa shape index (κ2) is 29.9. The average Bonchev–Trinajstić information content (AvgIpc) is 3.36. The fraction of sp³-hybridized carbons (Fsp3) is 0.540. The lowest BCUT2D eigenvalue weighted by Gasteiger charge is -2.38. The van der Waals surface area contributed by atoms with Gasteiger partial charge in [-0.05, 0) is 60.4 Å². The smallest absolute Gasteiger partial charge is 0.247 e. The zero-order chi connectivity index (χ0) is 55.4. The van der Waals surface area contributed by atoms with Crippen LogP contribution in [0.15, 0.2) is 48.5 Å². The van der Waals surface area contributed by atoms with E-state index in [0.717, 1.165) is 27.2 Å². The monoisotopic (exact) mass is 1080 g/mol. The number of fused-ring (bicyclic) bond motifs is 1. The van der Waals surface area contributed by atoms with E-state index < -0.39 is 133 Å². The SMILES string of the molecule is CCOc1ccc(C[C@H]2NC(=O)CCSSC[C@@H](C(=O)N3Cc4ccccc4C[C@@H]3C(=O)N[C@@H](CC(C)C)C(=O)NCC(N)=O)NC(=O)[C@H](CC(N)=O)NC(=O)[C@H](CCC(N)=O)NC(=O)[C@H]([C@@H](C)CC)NC2=O)cc1. The predicted molar refractivity (Wildman–Crippen MR) is 280 cm³/mol. The molecule has 8 atom stereocenters. The highest BCUT2D eigenvalue weighted by atomic mass is 33.1. The molecule has 23 nitrogen and oxygen atoms in total. The summed E-state index contributed by atoms with van der Waals surface area (Å²) in [6.07, 6.45) is -1.17. The van der Waals surface area contributed by atoms with E-state index in [1.807, 2.05) is 20.8 Å². The fourth-order valence-corrected chi connectivity index (χ4v) is 10.4. The summed E-state index contributed by atoms with van der Waals surface area (Å²) in [6.45, 7) is 8.79. The molecule has 2 aromatic rings. The van der Waals surface area contributed by atoms with Crippen LogP contribution in [0.4, 0.5) is 0 Å². The van der Waals surface area contributed by atoms with Crippen molar-refractivity contribution in [3.8, 4) is 5.75 Å². The van der Waals surface area contributed by atoms with Gasteiger partial charge in [-0.3, -0.25) is 52.7 Å². The van der Waals surface area contributed by atoms with Crippen molar-refractivity contribution in [3.05, 3.63) is 65.2 Å². The van der Waals surface area contributed by atoms with Crippen LogP contribution in [-0.2, 0) is 72.1 Å². The lowest BCUT2D eigenvalue weighted by atomic mass is 9.92. The van der Waals surface area contributed by atoms with E-state index in [-0.39, 0.29) is 56.1 Å². The molecule has 75 heavy (non-hydrogen) atoms. The van der Waals surface area contributed by atoms with E-state index in [4.69, 9.17) is 21.9 Å². The van der Waals surface area contributed by atoms with Gasteiger partial charge in [0.1, 0.15) is 48.0 Å². The van der Waals surface area contributed by atoms with Crippen LogP contribution < -0.4 is 59.2 Å². The number of rotatable bonds is 19. The molecule has 0 radical (unpaired) electrons. The van der Waals surface area contributed by atoms with Gasteiger partial charge in [0.25, 0.3) is 0 Å². The van der Waals surface area contributed by atoms with Crippen LogP contribution in [-0.4, -0.2) is 137 Å². The molecule has 2 heterocycles. The molecule has 0 spiro atoms. The third kappa shape index (κ3) is 19.4. The number of nitrogens with one attached hydrogen (secondary N) is 7. The molecule has 25 heteroatoms. The van der Waals surface area contributed by atoms with Crippen LogP contribution in [0.25, 0.3) is 0 Å². The normalized spacial score (nSPS) is 22.1. The third-order valence-corrected chi connectivity index (χ3v) is 14.8. The Morgan fingerprint density at radius 1 is 0.760 bits per heavy atom. The molecule has 0 bridgehead atoms. The van der Waals surface area contributed by atoms with Crippen LogP contribution in [0.5, 0.6) is 5.75 Å². The first kappa shape index (κ1) is 60.7. The number of primary amides is 3. The fourth-order valence-electron chi connectivity index (χ4n) is 8.27. The average molecular weight is 1080 g/mol. The molecule has 410 valence electrons. The molecule has 2 aliphatic rings. The largest absolute Gasteiger partial charge is 0.494 e. The molecule has 4 rings (SSSR count). The summed E-state index contributed by atoms with van der Waals surface area (Å²) in [5.41, 5.74) is 18.4. The van der Waals surface area contributed by atoms with Crippen molar-refractivity contribution < 1.29 is 57.5 Å². The molecule has 11 amide bonds. The summed E-state index contributed by atoms with van der Waals surface area (Å²) in [4.78, 5) is 151. The van der Waals surface area contributed by atoms with E-state index in [9.17, 15) is 47.9 Å². The number of amides is 11. The van der Waals surface area contributed by atoms with Gasteiger partial charge in [-0.15, -0.1) is 0 Å². The van der Waals surface area contributed by atoms with Gasteiger partial charge in [-0.25, -0.2) is 0 Å². The van der Waals surface area contributed by atoms with Crippen molar-refractivity contribution in [1.29, 1.82) is 0 Å². The summed E-state index contributed by atoms with van der Waals surface area (Å²) in [5.74, 6) is -9.08. The summed E-state index contributed by atoms with van der Waals surface area (Å²) in [5, 5.41) is 18.4. The van der Waals surface area contributed by atoms with Gasteiger partial charge in [0.15, 0.2) is 0 Å². The molecular formula is C50H71N11O12S2. The molecule has 0 aromatic heterocycles. The number of ether oxygens (including phenoxy) is 1. The lowest BCUT2D eigenvalue weighted by Crippen LogP contribution is -2.62. The van der Waals surface area contributed by atoms with Crippen molar-refractivity contribution >= 4 is 86.6 Å². The molecule has 0 unspecified atom stereocenters. The second-order valence-corrected chi connectivity index (χ2v) is 21.4. The minimum absolute atomic E-state index is 0.00300. The maximum atomic E-state index is 15.1. The van der Waals surface area contributed by atoms with Crippen molar-refractivity contribution in [3.63, 3.8) is 0 Å². The van der Waals surface area contributed by atoms with Gasteiger partial charge < -0.3 is 64.1 Å². The van der Waals surface area contributed by atoms with Crippen LogP contribution in [0, 0.1) is 11.8 Å². The highest BCUT2D eigenvalue weighted by molar-refractivity contribution is 8.76. The molecule has 0 saturated carbocycles. The Bertz CT molecular complexity index is 2390. The van der Waals surface area contributed by atoms with Crippen LogP contribution in [0.2, 0.25) is 0 Å². The van der Waals surface area contributed by atoms with Gasteiger partial charge in [-0.1, -0.05) is 92.1 Å². The summed E-state index contributed by atoms with van der Waals surface area (Å²) >= 11 is 0. The molecule has 2 aromatic carbocycles. The Kier molecular flexibility index (Phi) is 24.2. The number of carbonyl (C=O) groups excluding carboxylic acids is 11. The Balaban J connectivity index is 1.75. The summed E-state index contributed by atoms with van der Waals surface area (Å²) in [7, 11) is 2.26. The number of nitrogens with two attached hydrogens (primary N) is 3. The van der Waals surface area contributed by atoms with Gasteiger partial charge >= 0.3 is 0 Å². The van der Waals surface area contributed by atoms with E-state index in [0.29, 0.717) is 29.9 Å². The zero-order valence-electron chi connectivity index (χ0n) is 42.9. The van der Waals surface area contributed by atoms with Gasteiger partial charge in [0.05, 0.1) is 19.6 Å². The number of benzene rings is 2. The Morgan fingerprint density at radius 3 is 2.04 bits per heavy atom. The van der Waals surface area contributed by atoms with Gasteiger partial charge in [-0.2, -0.15) is 0 Å². The number of carbonyl (C=O) groups is 11. The first-order chi connectivity index (χ1) is 35.6. The Hall–Kier alpha value is -6.89. The lowest BCUT2D eigenvalue weighted by molar-refractivity contribution is -0.145. The Morgan fingerprint density at radius 2 is 1.41 bits per heavy atom. The quantitative estimate of drug-likeness (QED) is 0.0764. The summed E-state index contributed by atoms with van der Waals surface area (Å²) < 4.78 is 5.56. The minimum atomic E-state index is -1.75. The predicted octanol–water partition coefficient (Wildman–Crippen LogP) is -0.890. The number of nitrogens with zero attached hydrogens (tertiary/aromatic N) is 1. The van der Waals surface area contributed by atoms with Crippen LogP contribution in [0.1, 0.15) is 89.8 Å². The molecule has 0 aliphatic carbocycles. The number of hydrogen-bond donors (Lipinski definition) is 10. The third-order valence-electron chi connectivity index (χ3n) is 12.4. The molecule has 2 aliphatic heterocycles. The first-order valence-electron chi connectivity index (χ1n) is 24.9. The first-order valence-corrected chi connectivity index (χ1v) is 27.4. The highest BCUT2D eigenvalue weighted by Crippen LogP contribution is 2.28. The van der Waals surface area contributed by atoms with E-state index in [2.05, 4.69) is 37.2 Å². The molecule has 13 N–H and O–H groups in total. The summed E-state index contributed by atoms with van der Waals surface area (Å²) in [6, 6.07) is 4.36. The van der Waals surface area contributed by atoms with E-state index in [1.54, 1.807) is 62.4 Å². The van der Waals surface area contributed by atoms with E-state index >= 15 is 4.79 Å². The van der Waals surface area contributed by atoms with Crippen molar-refractivity contribution in [2.45, 2.75) is 135 Å². The van der Waals surface area contributed by atoms with Gasteiger partial charge in [0.2, 0.25) is 65.0 Å². The Labute approximate surface area is 444 Å². The second-order valence-electron chi connectivity index (χ2n) is 18.8. The zero-order valence-corrected chi connectivity index (χ0v) is 44.5.